The van der Waals surface area contributed by atoms with Gasteiger partial charge in [-0.1, -0.05) is 26.0 Å². The van der Waals surface area contributed by atoms with Crippen LogP contribution in [0.4, 0.5) is 4.39 Å². The fourth-order valence-electron chi connectivity index (χ4n) is 3.88. The quantitative estimate of drug-likeness (QED) is 0.886. The van der Waals surface area contributed by atoms with E-state index in [4.69, 9.17) is 0 Å². The molecule has 0 bridgehead atoms. The minimum absolute atomic E-state index is 0.0570. The van der Waals surface area contributed by atoms with Crippen LogP contribution >= 0.6 is 0 Å². The van der Waals surface area contributed by atoms with Crippen molar-refractivity contribution in [2.24, 2.45) is 5.92 Å². The van der Waals surface area contributed by atoms with E-state index in [2.05, 4.69) is 24.8 Å². The zero-order valence-electron chi connectivity index (χ0n) is 11.6. The highest BCUT2D eigenvalue weighted by molar-refractivity contribution is 5.39. The summed E-state index contributed by atoms with van der Waals surface area (Å²) in [6, 6.07) is 5.80. The SMILES string of the molecule is CC(C)[C@@H]1c2c(F)cccc2C[C@H]1N1CC[C@@H](O)C1. The van der Waals surface area contributed by atoms with Crippen LogP contribution in [0.15, 0.2) is 18.2 Å². The molecule has 1 aromatic carbocycles. The van der Waals surface area contributed by atoms with Gasteiger partial charge in [-0.05, 0) is 36.0 Å². The Balaban J connectivity index is 1.94. The molecule has 0 aromatic heterocycles. The molecule has 1 aromatic rings. The highest BCUT2D eigenvalue weighted by Crippen LogP contribution is 2.43. The Morgan fingerprint density at radius 2 is 2.16 bits per heavy atom. The van der Waals surface area contributed by atoms with Crippen LogP contribution < -0.4 is 0 Å². The number of aliphatic hydroxyl groups is 1. The van der Waals surface area contributed by atoms with Crippen molar-refractivity contribution in [2.45, 2.75) is 44.8 Å². The summed E-state index contributed by atoms with van der Waals surface area (Å²) < 4.78 is 14.2. The lowest BCUT2D eigenvalue weighted by Crippen LogP contribution is -2.38. The average molecular weight is 263 g/mol. The van der Waals surface area contributed by atoms with Gasteiger partial charge >= 0.3 is 0 Å². The number of fused-ring (bicyclic) bond motifs is 1. The Hall–Kier alpha value is -0.930. The van der Waals surface area contributed by atoms with E-state index in [0.717, 1.165) is 37.1 Å². The molecule has 3 heteroatoms. The zero-order valence-corrected chi connectivity index (χ0v) is 11.6. The van der Waals surface area contributed by atoms with Crippen molar-refractivity contribution in [3.05, 3.63) is 35.1 Å². The maximum Gasteiger partial charge on any atom is 0.127 e. The van der Waals surface area contributed by atoms with Crippen LogP contribution in [-0.2, 0) is 6.42 Å². The van der Waals surface area contributed by atoms with Gasteiger partial charge in [0.05, 0.1) is 6.10 Å². The topological polar surface area (TPSA) is 23.5 Å². The average Bonchev–Trinajstić information content (AvgIpc) is 2.92. The highest BCUT2D eigenvalue weighted by Gasteiger charge is 2.41. The number of benzene rings is 1. The largest absolute Gasteiger partial charge is 0.392 e. The van der Waals surface area contributed by atoms with Crippen LogP contribution in [0, 0.1) is 11.7 Å². The van der Waals surface area contributed by atoms with Gasteiger partial charge in [0.2, 0.25) is 0 Å². The lowest BCUT2D eigenvalue weighted by Gasteiger charge is -2.32. The van der Waals surface area contributed by atoms with E-state index in [9.17, 15) is 9.50 Å². The molecule has 0 spiro atoms. The number of aliphatic hydroxyl groups excluding tert-OH is 1. The number of halogens is 1. The van der Waals surface area contributed by atoms with Crippen LogP contribution in [0.1, 0.15) is 37.3 Å². The van der Waals surface area contributed by atoms with Gasteiger partial charge in [0.25, 0.3) is 0 Å². The first-order chi connectivity index (χ1) is 9.08. The van der Waals surface area contributed by atoms with Crippen molar-refractivity contribution < 1.29 is 9.50 Å². The van der Waals surface area contributed by atoms with Crippen molar-refractivity contribution in [1.29, 1.82) is 0 Å². The zero-order chi connectivity index (χ0) is 13.6. The summed E-state index contributed by atoms with van der Waals surface area (Å²) in [5.41, 5.74) is 2.08. The predicted molar refractivity (Wildman–Crippen MR) is 73.7 cm³/mol. The Labute approximate surface area is 114 Å². The third-order valence-corrected chi connectivity index (χ3v) is 4.70. The Bertz CT molecular complexity index is 474. The van der Waals surface area contributed by atoms with E-state index in [0.29, 0.717) is 12.0 Å². The third kappa shape index (κ3) is 2.19. The maximum atomic E-state index is 14.2. The van der Waals surface area contributed by atoms with Gasteiger partial charge in [0.15, 0.2) is 0 Å². The first-order valence-electron chi connectivity index (χ1n) is 7.27. The van der Waals surface area contributed by atoms with E-state index in [1.807, 2.05) is 6.07 Å². The van der Waals surface area contributed by atoms with Crippen molar-refractivity contribution >= 4 is 0 Å². The summed E-state index contributed by atoms with van der Waals surface area (Å²) in [7, 11) is 0. The van der Waals surface area contributed by atoms with E-state index < -0.39 is 0 Å². The summed E-state index contributed by atoms with van der Waals surface area (Å²) in [6.45, 7) is 6.02. The Morgan fingerprint density at radius 1 is 1.37 bits per heavy atom. The molecule has 104 valence electrons. The molecule has 1 heterocycles. The van der Waals surface area contributed by atoms with Gasteiger partial charge in [-0.2, -0.15) is 0 Å². The monoisotopic (exact) mass is 263 g/mol. The molecule has 1 N–H and O–H groups in total. The third-order valence-electron chi connectivity index (χ3n) is 4.70. The van der Waals surface area contributed by atoms with Crippen LogP contribution in [0.2, 0.25) is 0 Å². The molecule has 3 atom stereocenters. The van der Waals surface area contributed by atoms with E-state index in [1.165, 1.54) is 0 Å². The fraction of sp³-hybridized carbons (Fsp3) is 0.625. The van der Waals surface area contributed by atoms with Crippen molar-refractivity contribution in [3.8, 4) is 0 Å². The Morgan fingerprint density at radius 3 is 2.79 bits per heavy atom. The van der Waals surface area contributed by atoms with E-state index in [-0.39, 0.29) is 17.8 Å². The number of hydrogen-bond donors (Lipinski definition) is 1. The van der Waals surface area contributed by atoms with Crippen molar-refractivity contribution in [3.63, 3.8) is 0 Å². The Kier molecular flexibility index (Phi) is 3.35. The minimum atomic E-state index is -0.207. The summed E-state index contributed by atoms with van der Waals surface area (Å²) in [6.07, 6.45) is 1.56. The number of likely N-dealkylation sites (tertiary alicyclic amines) is 1. The van der Waals surface area contributed by atoms with E-state index in [1.54, 1.807) is 6.07 Å². The molecule has 2 aliphatic rings. The minimum Gasteiger partial charge on any atom is -0.392 e. The maximum absolute atomic E-state index is 14.2. The second kappa shape index (κ2) is 4.88. The molecule has 1 aliphatic heterocycles. The normalized spacial score (nSPS) is 31.1. The highest BCUT2D eigenvalue weighted by atomic mass is 19.1. The van der Waals surface area contributed by atoms with Crippen LogP contribution in [0.25, 0.3) is 0 Å². The van der Waals surface area contributed by atoms with Gasteiger partial charge in [-0.25, -0.2) is 4.39 Å². The predicted octanol–water partition coefficient (Wildman–Crippen LogP) is 2.56. The lowest BCUT2D eigenvalue weighted by atomic mass is 9.86. The molecule has 0 radical (unpaired) electrons. The second-order valence-electron chi connectivity index (χ2n) is 6.29. The molecule has 0 saturated carbocycles. The molecular formula is C16H22FNO. The van der Waals surface area contributed by atoms with Gasteiger partial charge in [0.1, 0.15) is 5.82 Å². The molecule has 3 rings (SSSR count). The molecule has 0 amide bonds. The lowest BCUT2D eigenvalue weighted by molar-refractivity contribution is 0.144. The molecule has 19 heavy (non-hydrogen) atoms. The first-order valence-corrected chi connectivity index (χ1v) is 7.27. The number of nitrogens with zero attached hydrogens (tertiary/aromatic N) is 1. The number of hydrogen-bond acceptors (Lipinski definition) is 2. The summed E-state index contributed by atoms with van der Waals surface area (Å²) in [5, 5.41) is 9.74. The van der Waals surface area contributed by atoms with Gasteiger partial charge in [-0.3, -0.25) is 4.90 Å². The fourth-order valence-corrected chi connectivity index (χ4v) is 3.88. The van der Waals surface area contributed by atoms with Crippen molar-refractivity contribution in [1.82, 2.24) is 4.90 Å². The molecular weight excluding hydrogens is 241 g/mol. The smallest absolute Gasteiger partial charge is 0.127 e. The van der Waals surface area contributed by atoms with Gasteiger partial charge in [-0.15, -0.1) is 0 Å². The summed E-state index contributed by atoms with van der Waals surface area (Å²) in [5.74, 6) is 0.612. The summed E-state index contributed by atoms with van der Waals surface area (Å²) in [4.78, 5) is 2.36. The molecule has 2 nitrogen and oxygen atoms in total. The van der Waals surface area contributed by atoms with Crippen LogP contribution in [0.3, 0.4) is 0 Å². The van der Waals surface area contributed by atoms with Gasteiger partial charge < -0.3 is 5.11 Å². The molecule has 1 aliphatic carbocycles. The first kappa shape index (κ1) is 13.1. The molecule has 0 unspecified atom stereocenters. The van der Waals surface area contributed by atoms with Crippen molar-refractivity contribution in [2.75, 3.05) is 13.1 Å². The van der Waals surface area contributed by atoms with Gasteiger partial charge in [0, 0.05) is 25.0 Å². The van der Waals surface area contributed by atoms with E-state index >= 15 is 0 Å². The second-order valence-corrected chi connectivity index (χ2v) is 6.29. The van der Waals surface area contributed by atoms with Crippen LogP contribution in [-0.4, -0.2) is 35.2 Å². The standard InChI is InChI=1S/C16H22FNO/c1-10(2)15-14(18-7-6-12(19)9-18)8-11-4-3-5-13(17)16(11)15/h3-5,10,12,14-15,19H,6-9H2,1-2H3/t12-,14-,15+/m1/s1. The molecule has 1 fully saturated rings. The van der Waals surface area contributed by atoms with Crippen LogP contribution in [0.5, 0.6) is 0 Å². The number of β-amino-alcohol motifs (C(OH)–C–C–N with tert-alkyl or cyclic N) is 1. The summed E-state index contributed by atoms with van der Waals surface area (Å²) >= 11 is 0. The molecule has 1 saturated heterocycles. The number of rotatable bonds is 2.